The third-order valence-corrected chi connectivity index (χ3v) is 5.02. The molecule has 0 aliphatic carbocycles. The van der Waals surface area contributed by atoms with Gasteiger partial charge in [0.15, 0.2) is 6.61 Å². The molecule has 0 aliphatic heterocycles. The number of carbonyl (C=O) groups is 1. The number of carbonyl (C=O) groups excluding carboxylic acids is 1. The highest BCUT2D eigenvalue weighted by Crippen LogP contribution is 2.27. The Bertz CT molecular complexity index is 1360. The van der Waals surface area contributed by atoms with Crippen molar-refractivity contribution in [2.75, 3.05) is 6.61 Å². The Balaban J connectivity index is 1.26. The monoisotopic (exact) mass is 422 g/mol. The second kappa shape index (κ2) is 8.65. The van der Waals surface area contributed by atoms with E-state index >= 15 is 0 Å². The van der Waals surface area contributed by atoms with Crippen LogP contribution in [-0.4, -0.2) is 38.9 Å². The highest BCUT2D eigenvalue weighted by Gasteiger charge is 2.06. The average molecular weight is 422 g/mol. The number of hydrazone groups is 1. The standard InChI is InChI=1S/C24H18N6O2/c31-24(15-32-20-11-9-19(10-12-20)30-16-26-28-29-30)27-25-14-23-21-7-3-1-5-17(21)13-18-6-2-4-8-22(18)23/h1-14,16H,15H2,(H,27,31)/b25-14-. The molecule has 1 N–H and O–H groups in total. The number of fused-ring (bicyclic) bond motifs is 2. The van der Waals surface area contributed by atoms with E-state index in [0.717, 1.165) is 32.8 Å². The van der Waals surface area contributed by atoms with Crippen LogP contribution in [0.5, 0.6) is 5.75 Å². The van der Waals surface area contributed by atoms with Gasteiger partial charge in [0.25, 0.3) is 5.91 Å². The van der Waals surface area contributed by atoms with E-state index in [-0.39, 0.29) is 12.5 Å². The third kappa shape index (κ3) is 4.01. The summed E-state index contributed by atoms with van der Waals surface area (Å²) in [6.45, 7) is -0.155. The highest BCUT2D eigenvalue weighted by atomic mass is 16.5. The van der Waals surface area contributed by atoms with Crippen molar-refractivity contribution in [1.82, 2.24) is 25.6 Å². The van der Waals surface area contributed by atoms with Crippen molar-refractivity contribution < 1.29 is 9.53 Å². The van der Waals surface area contributed by atoms with Crippen LogP contribution in [0.2, 0.25) is 0 Å². The number of aromatic nitrogens is 4. The largest absolute Gasteiger partial charge is 0.484 e. The first-order valence-corrected chi connectivity index (χ1v) is 9.96. The minimum absolute atomic E-state index is 0.155. The zero-order valence-corrected chi connectivity index (χ0v) is 16.9. The number of hydrogen-bond donors (Lipinski definition) is 1. The Kier molecular flexibility index (Phi) is 5.24. The molecular weight excluding hydrogens is 404 g/mol. The molecule has 4 aromatic carbocycles. The molecule has 0 saturated heterocycles. The van der Waals surface area contributed by atoms with Crippen LogP contribution in [0.4, 0.5) is 0 Å². The average Bonchev–Trinajstić information content (AvgIpc) is 3.38. The fourth-order valence-electron chi connectivity index (χ4n) is 3.51. The first-order valence-electron chi connectivity index (χ1n) is 9.96. The summed E-state index contributed by atoms with van der Waals surface area (Å²) in [7, 11) is 0. The second-order valence-electron chi connectivity index (χ2n) is 7.06. The molecule has 8 nitrogen and oxygen atoms in total. The van der Waals surface area contributed by atoms with Gasteiger partial charge < -0.3 is 4.74 Å². The van der Waals surface area contributed by atoms with Gasteiger partial charge in [0, 0.05) is 5.56 Å². The van der Waals surface area contributed by atoms with Gasteiger partial charge in [0.1, 0.15) is 12.1 Å². The second-order valence-corrected chi connectivity index (χ2v) is 7.06. The van der Waals surface area contributed by atoms with E-state index in [9.17, 15) is 4.79 Å². The van der Waals surface area contributed by atoms with E-state index in [1.165, 1.54) is 11.0 Å². The fourth-order valence-corrected chi connectivity index (χ4v) is 3.51. The summed E-state index contributed by atoms with van der Waals surface area (Å²) < 4.78 is 7.07. The molecule has 156 valence electrons. The smallest absolute Gasteiger partial charge is 0.277 e. The van der Waals surface area contributed by atoms with Gasteiger partial charge in [-0.1, -0.05) is 48.5 Å². The minimum atomic E-state index is -0.352. The first-order chi connectivity index (χ1) is 15.8. The molecule has 0 spiro atoms. The zero-order chi connectivity index (χ0) is 21.8. The summed E-state index contributed by atoms with van der Waals surface area (Å²) in [4.78, 5) is 12.2. The van der Waals surface area contributed by atoms with Crippen molar-refractivity contribution in [3.8, 4) is 11.4 Å². The maximum atomic E-state index is 12.2. The minimum Gasteiger partial charge on any atom is -0.484 e. The number of hydrogen-bond acceptors (Lipinski definition) is 6. The first kappa shape index (κ1) is 19.4. The number of nitrogens with one attached hydrogen (secondary N) is 1. The molecule has 0 fully saturated rings. The molecule has 32 heavy (non-hydrogen) atoms. The van der Waals surface area contributed by atoms with Crippen LogP contribution in [0.15, 0.2) is 90.3 Å². The number of tetrazole rings is 1. The lowest BCUT2D eigenvalue weighted by Crippen LogP contribution is -2.24. The SMILES string of the molecule is O=C(COc1ccc(-n2cnnn2)cc1)N/N=C\c1c2ccccc2cc2ccccc12. The predicted octanol–water partition coefficient (Wildman–Crippen LogP) is 3.50. The molecule has 5 rings (SSSR count). The molecule has 0 aliphatic rings. The molecular formula is C24H18N6O2. The normalized spacial score (nSPS) is 11.2. The lowest BCUT2D eigenvalue weighted by molar-refractivity contribution is -0.123. The topological polar surface area (TPSA) is 94.3 Å². The lowest BCUT2D eigenvalue weighted by Gasteiger charge is -2.08. The van der Waals surface area contributed by atoms with Crippen LogP contribution < -0.4 is 10.2 Å². The number of nitrogens with zero attached hydrogens (tertiary/aromatic N) is 5. The summed E-state index contributed by atoms with van der Waals surface area (Å²) in [5.74, 6) is 0.205. The van der Waals surface area contributed by atoms with Crippen molar-refractivity contribution in [3.63, 3.8) is 0 Å². The van der Waals surface area contributed by atoms with Crippen LogP contribution in [0.3, 0.4) is 0 Å². The molecule has 0 atom stereocenters. The summed E-state index contributed by atoms with van der Waals surface area (Å²) in [6.07, 6.45) is 3.18. The van der Waals surface area contributed by atoms with Gasteiger partial charge in [-0.25, -0.2) is 10.1 Å². The summed E-state index contributed by atoms with van der Waals surface area (Å²) in [5.41, 5.74) is 4.29. The van der Waals surface area contributed by atoms with Gasteiger partial charge in [-0.15, -0.1) is 5.10 Å². The molecule has 1 aromatic heterocycles. The number of ether oxygens (including phenoxy) is 1. The van der Waals surface area contributed by atoms with Gasteiger partial charge in [-0.3, -0.25) is 4.79 Å². The summed E-state index contributed by atoms with van der Waals surface area (Å²) in [6, 6.07) is 25.5. The van der Waals surface area contributed by atoms with E-state index < -0.39 is 0 Å². The van der Waals surface area contributed by atoms with Crippen molar-refractivity contribution in [1.29, 1.82) is 0 Å². The molecule has 0 saturated carbocycles. The molecule has 0 radical (unpaired) electrons. The maximum absolute atomic E-state index is 12.2. The summed E-state index contributed by atoms with van der Waals surface area (Å²) in [5, 5.41) is 19.6. The molecule has 0 unspecified atom stereocenters. The van der Waals surface area contributed by atoms with E-state index in [0.29, 0.717) is 5.75 Å². The van der Waals surface area contributed by atoms with Crippen molar-refractivity contribution in [2.45, 2.75) is 0 Å². The van der Waals surface area contributed by atoms with Crippen molar-refractivity contribution in [3.05, 3.63) is 90.8 Å². The Morgan fingerprint density at radius 2 is 1.66 bits per heavy atom. The van der Waals surface area contributed by atoms with Gasteiger partial charge in [0.05, 0.1) is 11.9 Å². The molecule has 1 amide bonds. The molecule has 8 heteroatoms. The molecule has 0 bridgehead atoms. The Morgan fingerprint density at radius 1 is 0.969 bits per heavy atom. The van der Waals surface area contributed by atoms with Crippen LogP contribution >= 0.6 is 0 Å². The van der Waals surface area contributed by atoms with Crippen LogP contribution in [0.25, 0.3) is 27.2 Å². The van der Waals surface area contributed by atoms with E-state index in [1.54, 1.807) is 30.5 Å². The Hall–Kier alpha value is -4.59. The third-order valence-electron chi connectivity index (χ3n) is 5.02. The van der Waals surface area contributed by atoms with Crippen LogP contribution in [0.1, 0.15) is 5.56 Å². The van der Waals surface area contributed by atoms with E-state index in [2.05, 4.69) is 44.3 Å². The number of benzene rings is 4. The molecule has 1 heterocycles. The van der Waals surface area contributed by atoms with Crippen molar-refractivity contribution >= 4 is 33.7 Å². The number of amides is 1. The van der Waals surface area contributed by atoms with Gasteiger partial charge in [-0.2, -0.15) is 5.10 Å². The number of rotatable bonds is 6. The Morgan fingerprint density at radius 3 is 2.31 bits per heavy atom. The molecule has 5 aromatic rings. The summed E-state index contributed by atoms with van der Waals surface area (Å²) >= 11 is 0. The van der Waals surface area contributed by atoms with Crippen LogP contribution in [0, 0.1) is 0 Å². The van der Waals surface area contributed by atoms with Gasteiger partial charge in [-0.05, 0) is 62.3 Å². The van der Waals surface area contributed by atoms with Gasteiger partial charge in [0.2, 0.25) is 0 Å². The Labute approximate surface area is 183 Å². The maximum Gasteiger partial charge on any atom is 0.277 e. The van der Waals surface area contributed by atoms with Gasteiger partial charge >= 0.3 is 0 Å². The van der Waals surface area contributed by atoms with Crippen molar-refractivity contribution in [2.24, 2.45) is 5.10 Å². The highest BCUT2D eigenvalue weighted by molar-refractivity contribution is 6.13. The van der Waals surface area contributed by atoms with E-state index in [1.807, 2.05) is 36.4 Å². The quantitative estimate of drug-likeness (QED) is 0.257. The van der Waals surface area contributed by atoms with E-state index in [4.69, 9.17) is 4.74 Å². The predicted molar refractivity (Wildman–Crippen MR) is 122 cm³/mol. The fraction of sp³-hybridized carbons (Fsp3) is 0.0417. The van der Waals surface area contributed by atoms with Crippen LogP contribution in [-0.2, 0) is 4.79 Å². The zero-order valence-electron chi connectivity index (χ0n) is 16.9. The lowest BCUT2D eigenvalue weighted by atomic mass is 9.97.